The first-order valence-corrected chi connectivity index (χ1v) is 7.14. The van der Waals surface area contributed by atoms with Crippen molar-refractivity contribution in [2.45, 2.75) is 63.2 Å². The van der Waals surface area contributed by atoms with Crippen molar-refractivity contribution in [3.05, 3.63) is 0 Å². The molecule has 0 saturated heterocycles. The van der Waals surface area contributed by atoms with Crippen molar-refractivity contribution in [3.63, 3.8) is 0 Å². The van der Waals surface area contributed by atoms with Crippen molar-refractivity contribution in [1.29, 1.82) is 0 Å². The lowest BCUT2D eigenvalue weighted by Crippen LogP contribution is -2.24. The van der Waals surface area contributed by atoms with E-state index in [2.05, 4.69) is 23.6 Å². The molecule has 1 unspecified atom stereocenters. The molecule has 0 spiro atoms. The van der Waals surface area contributed by atoms with E-state index >= 15 is 0 Å². The molecule has 0 amide bonds. The minimum absolute atomic E-state index is 0.345. The summed E-state index contributed by atoms with van der Waals surface area (Å²) in [4.78, 5) is 0. The van der Waals surface area contributed by atoms with Gasteiger partial charge in [-0.05, 0) is 26.2 Å². The van der Waals surface area contributed by atoms with E-state index < -0.39 is 0 Å². The van der Waals surface area contributed by atoms with Gasteiger partial charge < -0.3 is 5.73 Å². The smallest absolute Gasteiger partial charge is 0.0139 e. The third-order valence-corrected chi connectivity index (χ3v) is 4.48. The Morgan fingerprint density at radius 3 is 2.73 bits per heavy atom. The summed E-state index contributed by atoms with van der Waals surface area (Å²) in [6.45, 7) is 1.89. The quantitative estimate of drug-likeness (QED) is 0.727. The molecule has 15 heavy (non-hydrogen) atoms. The molecule has 0 aromatic heterocycles. The van der Waals surface area contributed by atoms with Gasteiger partial charge in [0.05, 0.1) is 0 Å². The minimum Gasteiger partial charge on any atom is -0.327 e. The molecular formula is C13H23NS. The van der Waals surface area contributed by atoms with Crippen molar-refractivity contribution in [2.75, 3.05) is 5.75 Å². The minimum atomic E-state index is 0.345. The van der Waals surface area contributed by atoms with Crippen molar-refractivity contribution in [1.82, 2.24) is 0 Å². The Morgan fingerprint density at radius 2 is 2.07 bits per heavy atom. The predicted octanol–water partition coefficient (Wildman–Crippen LogP) is 3.18. The largest absolute Gasteiger partial charge is 0.327 e. The molecule has 86 valence electrons. The highest BCUT2D eigenvalue weighted by molar-refractivity contribution is 7.99. The number of hydrogen-bond donors (Lipinski definition) is 1. The molecule has 0 radical (unpaired) electrons. The third kappa shape index (κ3) is 6.12. The topological polar surface area (TPSA) is 26.0 Å². The van der Waals surface area contributed by atoms with Crippen LogP contribution >= 0.6 is 11.8 Å². The lowest BCUT2D eigenvalue weighted by molar-refractivity contribution is 0.515. The number of nitrogens with two attached hydrogens (primary N) is 1. The fourth-order valence-electron chi connectivity index (χ4n) is 1.96. The average Bonchev–Trinajstić information content (AvgIpc) is 2.28. The Labute approximate surface area is 98.6 Å². The molecule has 0 bridgehead atoms. The van der Waals surface area contributed by atoms with Crippen molar-refractivity contribution in [2.24, 2.45) is 5.73 Å². The molecule has 1 fully saturated rings. The van der Waals surface area contributed by atoms with Crippen LogP contribution < -0.4 is 5.73 Å². The van der Waals surface area contributed by atoms with Crippen LogP contribution in [-0.4, -0.2) is 17.0 Å². The van der Waals surface area contributed by atoms with Crippen LogP contribution in [0.2, 0.25) is 0 Å². The van der Waals surface area contributed by atoms with Crippen LogP contribution in [0.4, 0.5) is 0 Å². The van der Waals surface area contributed by atoms with Gasteiger partial charge in [-0.2, -0.15) is 11.8 Å². The van der Waals surface area contributed by atoms with Crippen LogP contribution in [0.5, 0.6) is 0 Å². The van der Waals surface area contributed by atoms with Crippen LogP contribution in [0, 0.1) is 11.8 Å². The second kappa shape index (κ2) is 8.07. The summed E-state index contributed by atoms with van der Waals surface area (Å²) in [6.07, 6.45) is 9.12. The average molecular weight is 225 g/mol. The van der Waals surface area contributed by atoms with E-state index in [1.807, 2.05) is 6.92 Å². The molecule has 1 rings (SSSR count). The predicted molar refractivity (Wildman–Crippen MR) is 70.0 cm³/mol. The molecule has 2 N–H and O–H groups in total. The lowest BCUT2D eigenvalue weighted by Gasteiger charge is -2.22. The Bertz CT molecular complexity index is 210. The van der Waals surface area contributed by atoms with E-state index in [9.17, 15) is 0 Å². The maximum Gasteiger partial charge on any atom is 0.0139 e. The van der Waals surface area contributed by atoms with E-state index in [1.54, 1.807) is 0 Å². The molecule has 1 saturated carbocycles. The first-order chi connectivity index (χ1) is 7.33. The zero-order chi connectivity index (χ0) is 10.9. The Kier molecular flexibility index (Phi) is 6.96. The van der Waals surface area contributed by atoms with Gasteiger partial charge in [0.1, 0.15) is 0 Å². The fraction of sp³-hybridized carbons (Fsp3) is 0.846. The SMILES string of the molecule is CC#CCCC(N)CSC1CCCCC1. The normalized spacial score (nSPS) is 19.3. The molecular weight excluding hydrogens is 202 g/mol. The Morgan fingerprint density at radius 1 is 1.33 bits per heavy atom. The van der Waals surface area contributed by atoms with Gasteiger partial charge in [-0.25, -0.2) is 0 Å². The van der Waals surface area contributed by atoms with Gasteiger partial charge in [-0.15, -0.1) is 11.8 Å². The highest BCUT2D eigenvalue weighted by Gasteiger charge is 2.14. The summed E-state index contributed by atoms with van der Waals surface area (Å²) in [7, 11) is 0. The van der Waals surface area contributed by atoms with E-state index in [4.69, 9.17) is 5.73 Å². The van der Waals surface area contributed by atoms with Crippen LogP contribution in [0.1, 0.15) is 51.9 Å². The Balaban J connectivity index is 2.03. The van der Waals surface area contributed by atoms with Crippen molar-refractivity contribution < 1.29 is 0 Å². The lowest BCUT2D eigenvalue weighted by atomic mass is 10.0. The molecule has 0 aromatic rings. The van der Waals surface area contributed by atoms with Crippen molar-refractivity contribution in [3.8, 4) is 11.8 Å². The van der Waals surface area contributed by atoms with Crippen LogP contribution in [0.3, 0.4) is 0 Å². The second-order valence-corrected chi connectivity index (χ2v) is 5.65. The van der Waals surface area contributed by atoms with Gasteiger partial charge in [0, 0.05) is 23.5 Å². The Hall–Kier alpha value is -0.130. The first kappa shape index (κ1) is 12.9. The highest BCUT2D eigenvalue weighted by atomic mass is 32.2. The van der Waals surface area contributed by atoms with E-state index in [0.717, 1.165) is 23.8 Å². The molecule has 1 nitrogen and oxygen atoms in total. The molecule has 0 aromatic carbocycles. The molecule has 1 aliphatic carbocycles. The van der Waals surface area contributed by atoms with Gasteiger partial charge in [-0.1, -0.05) is 19.3 Å². The summed E-state index contributed by atoms with van der Waals surface area (Å²) in [5.74, 6) is 7.12. The zero-order valence-corrected chi connectivity index (χ0v) is 10.6. The summed E-state index contributed by atoms with van der Waals surface area (Å²) < 4.78 is 0. The summed E-state index contributed by atoms with van der Waals surface area (Å²) in [5.41, 5.74) is 6.04. The third-order valence-electron chi connectivity index (χ3n) is 2.92. The molecule has 1 aliphatic rings. The standard InChI is InChI=1S/C13H23NS/c1-2-3-5-8-12(14)11-15-13-9-6-4-7-10-13/h12-13H,4-11,14H2,1H3. The van der Waals surface area contributed by atoms with E-state index in [-0.39, 0.29) is 0 Å². The van der Waals surface area contributed by atoms with Gasteiger partial charge in [0.15, 0.2) is 0 Å². The monoisotopic (exact) mass is 225 g/mol. The summed E-state index contributed by atoms with van der Waals surface area (Å²) in [6, 6.07) is 0.345. The second-order valence-electron chi connectivity index (χ2n) is 4.32. The maximum absolute atomic E-state index is 6.04. The summed E-state index contributed by atoms with van der Waals surface area (Å²) in [5, 5.41) is 0.891. The molecule has 1 atom stereocenters. The molecule has 2 heteroatoms. The first-order valence-electron chi connectivity index (χ1n) is 6.09. The number of thioether (sulfide) groups is 1. The van der Waals surface area contributed by atoms with Crippen LogP contribution in [0.25, 0.3) is 0 Å². The van der Waals surface area contributed by atoms with E-state index in [1.165, 1.54) is 32.1 Å². The maximum atomic E-state index is 6.04. The molecule has 0 aliphatic heterocycles. The van der Waals surface area contributed by atoms with E-state index in [0.29, 0.717) is 6.04 Å². The zero-order valence-electron chi connectivity index (χ0n) is 9.80. The summed E-state index contributed by atoms with van der Waals surface area (Å²) >= 11 is 2.09. The molecule has 0 heterocycles. The van der Waals surface area contributed by atoms with Gasteiger partial charge in [-0.3, -0.25) is 0 Å². The van der Waals surface area contributed by atoms with Crippen molar-refractivity contribution >= 4 is 11.8 Å². The van der Waals surface area contributed by atoms with Crippen LogP contribution in [-0.2, 0) is 0 Å². The van der Waals surface area contributed by atoms with Gasteiger partial charge >= 0.3 is 0 Å². The number of hydrogen-bond acceptors (Lipinski definition) is 2. The fourth-order valence-corrected chi connectivity index (χ4v) is 3.31. The number of rotatable bonds is 5. The van der Waals surface area contributed by atoms with Gasteiger partial charge in [0.25, 0.3) is 0 Å². The highest BCUT2D eigenvalue weighted by Crippen LogP contribution is 2.28. The van der Waals surface area contributed by atoms with Gasteiger partial charge in [0.2, 0.25) is 0 Å². The van der Waals surface area contributed by atoms with Crippen LogP contribution in [0.15, 0.2) is 0 Å².